The number of ether oxygens (including phenoxy) is 1. The Bertz CT molecular complexity index is 742. The molecule has 2 N–H and O–H groups in total. The maximum Gasteiger partial charge on any atom is 0.258 e. The van der Waals surface area contributed by atoms with Crippen molar-refractivity contribution in [3.8, 4) is 5.75 Å². The maximum absolute atomic E-state index is 12.7. The minimum atomic E-state index is -3.90. The molecule has 0 bridgehead atoms. The number of amides is 1. The number of nitrogens with one attached hydrogen (secondary N) is 1. The van der Waals surface area contributed by atoms with Crippen molar-refractivity contribution in [1.82, 2.24) is 9.79 Å². The molecular weight excluding hydrogens is 340 g/mol. The summed E-state index contributed by atoms with van der Waals surface area (Å²) >= 11 is 1.43. The topological polar surface area (TPSA) is 95.9 Å². The summed E-state index contributed by atoms with van der Waals surface area (Å²) in [6.07, 6.45) is 0. The van der Waals surface area contributed by atoms with Crippen LogP contribution in [0.15, 0.2) is 46.0 Å². The van der Waals surface area contributed by atoms with E-state index in [1.807, 2.05) is 5.38 Å². The molecule has 0 radical (unpaired) electrons. The number of thiophene rings is 1. The first-order valence-corrected chi connectivity index (χ1v) is 8.94. The number of sulfonamides is 1. The number of carbonyl (C=O) groups excluding carboxylic acids is 1. The van der Waals surface area contributed by atoms with E-state index >= 15 is 0 Å². The highest BCUT2D eigenvalue weighted by Crippen LogP contribution is 2.21. The highest BCUT2D eigenvalue weighted by molar-refractivity contribution is 7.89. The lowest BCUT2D eigenvalue weighted by atomic mass is 10.3. The summed E-state index contributed by atoms with van der Waals surface area (Å²) in [7, 11) is -2.41. The molecule has 0 fully saturated rings. The van der Waals surface area contributed by atoms with Gasteiger partial charge in [0.25, 0.3) is 5.91 Å². The molecule has 23 heavy (non-hydrogen) atoms. The summed E-state index contributed by atoms with van der Waals surface area (Å²) in [6.45, 7) is -0.452. The van der Waals surface area contributed by atoms with Crippen LogP contribution >= 0.6 is 11.3 Å². The molecule has 0 saturated heterocycles. The van der Waals surface area contributed by atoms with Crippen molar-refractivity contribution in [2.75, 3.05) is 13.7 Å². The summed E-state index contributed by atoms with van der Waals surface area (Å²) in [5.74, 6) is -0.279. The Kier molecular flexibility index (Phi) is 5.72. The third-order valence-corrected chi connectivity index (χ3v) is 5.62. The molecule has 2 rings (SSSR count). The van der Waals surface area contributed by atoms with Gasteiger partial charge in [0.1, 0.15) is 5.75 Å². The van der Waals surface area contributed by atoms with E-state index in [1.54, 1.807) is 11.4 Å². The molecule has 2 aromatic rings. The van der Waals surface area contributed by atoms with E-state index in [0.29, 0.717) is 5.75 Å². The first-order valence-electron chi connectivity index (χ1n) is 6.55. The van der Waals surface area contributed by atoms with Gasteiger partial charge in [0, 0.05) is 6.54 Å². The lowest BCUT2D eigenvalue weighted by Gasteiger charge is -2.21. The van der Waals surface area contributed by atoms with Gasteiger partial charge in [-0.1, -0.05) is 0 Å². The number of hydroxylamine groups is 1. The van der Waals surface area contributed by atoms with Gasteiger partial charge in [-0.25, -0.2) is 13.9 Å². The zero-order valence-corrected chi connectivity index (χ0v) is 13.9. The molecule has 1 aromatic carbocycles. The molecule has 0 aliphatic carbocycles. The van der Waals surface area contributed by atoms with Gasteiger partial charge < -0.3 is 4.74 Å². The number of carbonyl (C=O) groups is 1. The highest BCUT2D eigenvalue weighted by atomic mass is 32.2. The highest BCUT2D eigenvalue weighted by Gasteiger charge is 2.27. The smallest absolute Gasteiger partial charge is 0.258 e. The summed E-state index contributed by atoms with van der Waals surface area (Å²) in [4.78, 5) is 11.5. The second kappa shape index (κ2) is 7.55. The fraction of sp³-hybridized carbons (Fsp3) is 0.214. The van der Waals surface area contributed by atoms with Crippen LogP contribution in [0.3, 0.4) is 0 Å². The van der Waals surface area contributed by atoms with Crippen molar-refractivity contribution >= 4 is 27.3 Å². The molecule has 124 valence electrons. The van der Waals surface area contributed by atoms with E-state index in [-0.39, 0.29) is 11.4 Å². The number of hydrogen-bond donors (Lipinski definition) is 2. The second-order valence-electron chi connectivity index (χ2n) is 4.62. The summed E-state index contributed by atoms with van der Waals surface area (Å²) in [5.41, 5.74) is 2.22. The van der Waals surface area contributed by atoms with Crippen molar-refractivity contribution in [1.29, 1.82) is 0 Å². The van der Waals surface area contributed by atoms with E-state index in [4.69, 9.17) is 9.94 Å². The molecule has 0 saturated carbocycles. The molecule has 0 unspecified atom stereocenters. The van der Waals surface area contributed by atoms with Crippen LogP contribution in [0.2, 0.25) is 0 Å². The van der Waals surface area contributed by atoms with Crippen LogP contribution in [0.1, 0.15) is 5.56 Å². The summed E-state index contributed by atoms with van der Waals surface area (Å²) in [5, 5.41) is 12.3. The third kappa shape index (κ3) is 4.29. The summed E-state index contributed by atoms with van der Waals surface area (Å²) < 4.78 is 31.5. The number of nitrogens with zero attached hydrogens (tertiary/aromatic N) is 1. The van der Waals surface area contributed by atoms with Crippen LogP contribution in [0.25, 0.3) is 0 Å². The molecule has 1 aromatic heterocycles. The van der Waals surface area contributed by atoms with Gasteiger partial charge in [0.15, 0.2) is 0 Å². The van der Waals surface area contributed by atoms with E-state index in [9.17, 15) is 13.2 Å². The fourth-order valence-electron chi connectivity index (χ4n) is 1.90. The minimum Gasteiger partial charge on any atom is -0.497 e. The van der Waals surface area contributed by atoms with E-state index in [0.717, 1.165) is 9.87 Å². The SMILES string of the molecule is COc1ccc(S(=O)(=O)N(CC(=O)NO)Cc2ccsc2)cc1. The molecule has 0 spiro atoms. The second-order valence-corrected chi connectivity index (χ2v) is 7.33. The Morgan fingerprint density at radius 3 is 2.52 bits per heavy atom. The zero-order valence-electron chi connectivity index (χ0n) is 12.3. The normalized spacial score (nSPS) is 11.4. The number of methoxy groups -OCH3 is 1. The first-order chi connectivity index (χ1) is 11.0. The van der Waals surface area contributed by atoms with Gasteiger partial charge in [-0.3, -0.25) is 10.0 Å². The van der Waals surface area contributed by atoms with Gasteiger partial charge >= 0.3 is 0 Å². The molecule has 9 heteroatoms. The molecule has 7 nitrogen and oxygen atoms in total. The quantitative estimate of drug-likeness (QED) is 0.578. The van der Waals surface area contributed by atoms with Crippen LogP contribution in [-0.2, 0) is 21.4 Å². The van der Waals surface area contributed by atoms with Crippen molar-refractivity contribution in [2.45, 2.75) is 11.4 Å². The van der Waals surface area contributed by atoms with Crippen molar-refractivity contribution < 1.29 is 23.2 Å². The fourth-order valence-corrected chi connectivity index (χ4v) is 3.95. The van der Waals surface area contributed by atoms with Crippen molar-refractivity contribution in [3.63, 3.8) is 0 Å². The van der Waals surface area contributed by atoms with Gasteiger partial charge in [0.05, 0.1) is 18.6 Å². The van der Waals surface area contributed by atoms with Crippen LogP contribution in [-0.4, -0.2) is 37.5 Å². The van der Waals surface area contributed by atoms with Gasteiger partial charge in [-0.2, -0.15) is 15.6 Å². The number of benzene rings is 1. The van der Waals surface area contributed by atoms with Crippen LogP contribution in [0.4, 0.5) is 0 Å². The Hall–Kier alpha value is -1.94. The lowest BCUT2D eigenvalue weighted by Crippen LogP contribution is -2.39. The van der Waals surface area contributed by atoms with E-state index in [2.05, 4.69) is 0 Å². The molecule has 0 atom stereocenters. The first kappa shape index (κ1) is 17.4. The zero-order chi connectivity index (χ0) is 16.9. The Labute approximate surface area is 138 Å². The molecular formula is C14H16N2O5S2. The molecule has 0 aliphatic heterocycles. The number of rotatable bonds is 7. The standard InChI is InChI=1S/C14H16N2O5S2/c1-21-12-2-4-13(5-3-12)23(19,20)16(9-14(17)15-18)8-11-6-7-22-10-11/h2-7,10,18H,8-9H2,1H3,(H,15,17). The minimum absolute atomic E-state index is 0.0330. The van der Waals surface area contributed by atoms with Crippen molar-refractivity contribution in [2.24, 2.45) is 0 Å². The van der Waals surface area contributed by atoms with Crippen LogP contribution in [0, 0.1) is 0 Å². The summed E-state index contributed by atoms with van der Waals surface area (Å²) in [6, 6.07) is 7.65. The average molecular weight is 356 g/mol. The monoisotopic (exact) mass is 356 g/mol. The largest absolute Gasteiger partial charge is 0.497 e. The molecule has 1 amide bonds. The van der Waals surface area contributed by atoms with Crippen molar-refractivity contribution in [3.05, 3.63) is 46.7 Å². The predicted octanol–water partition coefficient (Wildman–Crippen LogP) is 1.45. The predicted molar refractivity (Wildman–Crippen MR) is 84.8 cm³/mol. The van der Waals surface area contributed by atoms with E-state index in [1.165, 1.54) is 48.2 Å². The van der Waals surface area contributed by atoms with Gasteiger partial charge in [-0.05, 0) is 46.7 Å². The van der Waals surface area contributed by atoms with Gasteiger partial charge in [0.2, 0.25) is 10.0 Å². The van der Waals surface area contributed by atoms with Crippen LogP contribution in [0.5, 0.6) is 5.75 Å². The van der Waals surface area contributed by atoms with Crippen LogP contribution < -0.4 is 10.2 Å². The Morgan fingerprint density at radius 2 is 2.00 bits per heavy atom. The lowest BCUT2D eigenvalue weighted by molar-refractivity contribution is -0.129. The maximum atomic E-state index is 12.7. The Morgan fingerprint density at radius 1 is 1.30 bits per heavy atom. The van der Waals surface area contributed by atoms with Gasteiger partial charge in [-0.15, -0.1) is 0 Å². The Balaban J connectivity index is 2.32. The van der Waals surface area contributed by atoms with E-state index < -0.39 is 22.5 Å². The molecule has 1 heterocycles. The number of hydrogen-bond acceptors (Lipinski definition) is 6. The average Bonchev–Trinajstić information content (AvgIpc) is 3.07. The third-order valence-electron chi connectivity index (χ3n) is 3.08. The molecule has 0 aliphatic rings.